The Morgan fingerprint density at radius 3 is 2.50 bits per heavy atom. The van der Waals surface area contributed by atoms with Crippen LogP contribution in [0, 0.1) is 0 Å². The van der Waals surface area contributed by atoms with E-state index in [1.165, 1.54) is 7.11 Å². The van der Waals surface area contributed by atoms with E-state index in [0.29, 0.717) is 23.7 Å². The summed E-state index contributed by atoms with van der Waals surface area (Å²) in [6.45, 7) is 2.61. The van der Waals surface area contributed by atoms with Gasteiger partial charge in [0, 0.05) is 17.9 Å². The lowest BCUT2D eigenvalue weighted by molar-refractivity contribution is 0.0597. The van der Waals surface area contributed by atoms with Crippen molar-refractivity contribution < 1.29 is 19.0 Å². The number of benzene rings is 1. The molecule has 5 heteroatoms. The number of fused-ring (bicyclic) bond motifs is 1. The number of hydrogen-bond acceptors (Lipinski definition) is 5. The van der Waals surface area contributed by atoms with Crippen molar-refractivity contribution in [1.82, 2.24) is 4.98 Å². The molecule has 0 N–H and O–H groups in total. The van der Waals surface area contributed by atoms with Gasteiger partial charge in [0.2, 0.25) is 5.88 Å². The van der Waals surface area contributed by atoms with E-state index in [0.717, 1.165) is 10.8 Å². The van der Waals surface area contributed by atoms with E-state index in [-0.39, 0.29) is 6.61 Å². The molecule has 0 aliphatic rings. The Balaban J connectivity index is 2.76. The van der Waals surface area contributed by atoms with Crippen LogP contribution < -0.4 is 4.74 Å². The molecule has 0 amide bonds. The van der Waals surface area contributed by atoms with Gasteiger partial charge in [-0.15, -0.1) is 0 Å². The Morgan fingerprint density at radius 2 is 1.90 bits per heavy atom. The molecule has 0 saturated carbocycles. The first-order valence-corrected chi connectivity index (χ1v) is 6.34. The maximum Gasteiger partial charge on any atom is 0.340 e. The highest BCUT2D eigenvalue weighted by molar-refractivity contribution is 6.06. The molecule has 0 fully saturated rings. The molecule has 0 radical (unpaired) electrons. The zero-order chi connectivity index (χ0) is 14.5. The summed E-state index contributed by atoms with van der Waals surface area (Å²) in [5.41, 5.74) is 0.940. The highest BCUT2D eigenvalue weighted by Gasteiger charge is 2.20. The molecule has 0 atom stereocenters. The smallest absolute Gasteiger partial charge is 0.340 e. The minimum Gasteiger partial charge on any atom is -0.478 e. The third-order valence-corrected chi connectivity index (χ3v) is 2.90. The second kappa shape index (κ2) is 6.34. The molecule has 0 saturated heterocycles. The van der Waals surface area contributed by atoms with E-state index in [1.54, 1.807) is 7.11 Å². The summed E-state index contributed by atoms with van der Waals surface area (Å²) < 4.78 is 15.5. The van der Waals surface area contributed by atoms with Gasteiger partial charge in [-0.25, -0.2) is 9.78 Å². The van der Waals surface area contributed by atoms with Crippen molar-refractivity contribution >= 4 is 16.7 Å². The average molecular weight is 275 g/mol. The highest BCUT2D eigenvalue weighted by Crippen LogP contribution is 2.29. The fraction of sp³-hybridized carbons (Fsp3) is 0.333. The molecule has 1 heterocycles. The van der Waals surface area contributed by atoms with E-state index in [1.807, 2.05) is 31.2 Å². The number of hydrogen-bond donors (Lipinski definition) is 0. The first-order chi connectivity index (χ1) is 9.72. The number of esters is 1. The van der Waals surface area contributed by atoms with Crippen LogP contribution in [0.4, 0.5) is 0 Å². The summed E-state index contributed by atoms with van der Waals surface area (Å²) in [6.07, 6.45) is 0. The van der Waals surface area contributed by atoms with Crippen molar-refractivity contribution in [3.63, 3.8) is 0 Å². The van der Waals surface area contributed by atoms with Gasteiger partial charge in [-0.1, -0.05) is 18.2 Å². The highest BCUT2D eigenvalue weighted by atomic mass is 16.5. The van der Waals surface area contributed by atoms with Gasteiger partial charge in [0.05, 0.1) is 31.6 Å². The van der Waals surface area contributed by atoms with E-state index >= 15 is 0 Å². The van der Waals surface area contributed by atoms with Gasteiger partial charge in [-0.2, -0.15) is 0 Å². The average Bonchev–Trinajstić information content (AvgIpc) is 2.47. The topological polar surface area (TPSA) is 57.7 Å². The van der Waals surface area contributed by atoms with Crippen LogP contribution in [0.5, 0.6) is 5.88 Å². The maximum absolute atomic E-state index is 12.0. The SMILES string of the molecule is CCOc1nc(COC)c(C(=O)OC)c2ccccc12. The van der Waals surface area contributed by atoms with Crippen LogP contribution in [0.1, 0.15) is 23.0 Å². The van der Waals surface area contributed by atoms with Crippen LogP contribution in [0.15, 0.2) is 24.3 Å². The first kappa shape index (κ1) is 14.3. The van der Waals surface area contributed by atoms with Crippen molar-refractivity contribution in [2.75, 3.05) is 20.8 Å². The standard InChI is InChI=1S/C15H17NO4/c1-4-20-14-11-8-6-5-7-10(11)13(15(17)19-3)12(16-14)9-18-2/h5-8H,4,9H2,1-3H3. The molecular formula is C15H17NO4. The normalized spacial score (nSPS) is 10.6. The largest absolute Gasteiger partial charge is 0.478 e. The quantitative estimate of drug-likeness (QED) is 0.785. The third kappa shape index (κ3) is 2.58. The summed E-state index contributed by atoms with van der Waals surface area (Å²) in [5.74, 6) is 0.0756. The number of methoxy groups -OCH3 is 2. The van der Waals surface area contributed by atoms with Gasteiger partial charge in [-0.05, 0) is 13.0 Å². The molecule has 0 aliphatic carbocycles. The number of carbonyl (C=O) groups excluding carboxylic acids is 1. The Kier molecular flexibility index (Phi) is 4.53. The van der Waals surface area contributed by atoms with Gasteiger partial charge in [-0.3, -0.25) is 0 Å². The van der Waals surface area contributed by atoms with E-state index in [9.17, 15) is 4.79 Å². The van der Waals surface area contributed by atoms with Gasteiger partial charge in [0.15, 0.2) is 0 Å². The molecule has 106 valence electrons. The molecule has 0 unspecified atom stereocenters. The van der Waals surface area contributed by atoms with Gasteiger partial charge < -0.3 is 14.2 Å². The minimum absolute atomic E-state index is 0.218. The van der Waals surface area contributed by atoms with Crippen LogP contribution in [0.3, 0.4) is 0 Å². The zero-order valence-electron chi connectivity index (χ0n) is 11.8. The van der Waals surface area contributed by atoms with Crippen molar-refractivity contribution in [3.05, 3.63) is 35.5 Å². The summed E-state index contributed by atoms with van der Waals surface area (Å²) in [6, 6.07) is 7.46. The fourth-order valence-electron chi connectivity index (χ4n) is 2.10. The molecule has 20 heavy (non-hydrogen) atoms. The minimum atomic E-state index is -0.427. The third-order valence-electron chi connectivity index (χ3n) is 2.90. The number of carbonyl (C=O) groups is 1. The number of aromatic nitrogens is 1. The Morgan fingerprint density at radius 1 is 1.20 bits per heavy atom. The fourth-order valence-corrected chi connectivity index (χ4v) is 2.10. The van der Waals surface area contributed by atoms with Gasteiger partial charge in [0.1, 0.15) is 0 Å². The number of nitrogens with zero attached hydrogens (tertiary/aromatic N) is 1. The second-order valence-electron chi connectivity index (χ2n) is 4.14. The summed E-state index contributed by atoms with van der Waals surface area (Å²) in [5, 5.41) is 1.54. The molecule has 0 spiro atoms. The molecule has 1 aromatic heterocycles. The van der Waals surface area contributed by atoms with E-state index in [4.69, 9.17) is 14.2 Å². The lowest BCUT2D eigenvalue weighted by Gasteiger charge is -2.13. The Hall–Kier alpha value is -2.14. The van der Waals surface area contributed by atoms with Gasteiger partial charge >= 0.3 is 5.97 Å². The molecule has 2 rings (SSSR count). The van der Waals surface area contributed by atoms with E-state index in [2.05, 4.69) is 4.98 Å². The van der Waals surface area contributed by atoms with Crippen LogP contribution >= 0.6 is 0 Å². The number of pyridine rings is 1. The second-order valence-corrected chi connectivity index (χ2v) is 4.14. The lowest BCUT2D eigenvalue weighted by atomic mass is 10.0. The monoisotopic (exact) mass is 275 g/mol. The number of ether oxygens (including phenoxy) is 3. The molecular weight excluding hydrogens is 258 g/mol. The summed E-state index contributed by atoms with van der Waals surface area (Å²) in [7, 11) is 2.91. The predicted molar refractivity (Wildman–Crippen MR) is 75.0 cm³/mol. The summed E-state index contributed by atoms with van der Waals surface area (Å²) in [4.78, 5) is 16.4. The maximum atomic E-state index is 12.0. The van der Waals surface area contributed by atoms with E-state index < -0.39 is 5.97 Å². The zero-order valence-corrected chi connectivity index (χ0v) is 11.8. The van der Waals surface area contributed by atoms with Crippen molar-refractivity contribution in [1.29, 1.82) is 0 Å². The van der Waals surface area contributed by atoms with Gasteiger partial charge in [0.25, 0.3) is 0 Å². The molecule has 0 aliphatic heterocycles. The molecule has 5 nitrogen and oxygen atoms in total. The number of rotatable bonds is 5. The summed E-state index contributed by atoms with van der Waals surface area (Å²) >= 11 is 0. The Bertz CT molecular complexity index is 625. The van der Waals surface area contributed by atoms with Crippen LogP contribution in [-0.4, -0.2) is 31.8 Å². The first-order valence-electron chi connectivity index (χ1n) is 6.34. The van der Waals surface area contributed by atoms with Crippen molar-refractivity contribution in [2.45, 2.75) is 13.5 Å². The predicted octanol–water partition coefficient (Wildman–Crippen LogP) is 2.57. The lowest BCUT2D eigenvalue weighted by Crippen LogP contribution is -2.11. The van der Waals surface area contributed by atoms with Crippen molar-refractivity contribution in [3.8, 4) is 5.88 Å². The van der Waals surface area contributed by atoms with Crippen LogP contribution in [0.25, 0.3) is 10.8 Å². The Labute approximate surface area is 117 Å². The molecule has 0 bridgehead atoms. The molecule has 1 aromatic carbocycles. The van der Waals surface area contributed by atoms with Crippen LogP contribution in [-0.2, 0) is 16.1 Å². The molecule has 2 aromatic rings. The van der Waals surface area contributed by atoms with Crippen LogP contribution in [0.2, 0.25) is 0 Å². The van der Waals surface area contributed by atoms with Crippen molar-refractivity contribution in [2.24, 2.45) is 0 Å².